The summed E-state index contributed by atoms with van der Waals surface area (Å²) in [6.45, 7) is 6.76. The van der Waals surface area contributed by atoms with Gasteiger partial charge in [-0.3, -0.25) is 14.5 Å². The molecule has 0 bridgehead atoms. The summed E-state index contributed by atoms with van der Waals surface area (Å²) < 4.78 is 12.8. The van der Waals surface area contributed by atoms with E-state index in [9.17, 15) is 9.90 Å². The lowest BCUT2D eigenvalue weighted by atomic mass is 9.93. The summed E-state index contributed by atoms with van der Waals surface area (Å²) in [5, 5.41) is 17.5. The van der Waals surface area contributed by atoms with E-state index < -0.39 is 12.1 Å². The van der Waals surface area contributed by atoms with Crippen molar-refractivity contribution >= 4 is 5.91 Å². The lowest BCUT2D eigenvalue weighted by Gasteiger charge is -2.29. The Morgan fingerprint density at radius 1 is 1.29 bits per heavy atom. The van der Waals surface area contributed by atoms with Gasteiger partial charge in [0.25, 0.3) is 5.91 Å². The fraction of sp³-hybridized carbons (Fsp3) is 0.423. The summed E-state index contributed by atoms with van der Waals surface area (Å²) in [6, 6.07) is 5.50. The van der Waals surface area contributed by atoms with Crippen LogP contribution in [0.2, 0.25) is 0 Å². The maximum absolute atomic E-state index is 13.2. The number of ether oxygens (including phenoxy) is 2. The monoisotopic (exact) mass is 464 g/mol. The maximum Gasteiger partial charge on any atom is 0.255 e. The molecular formula is C26H32N4O4. The van der Waals surface area contributed by atoms with E-state index in [-0.39, 0.29) is 5.91 Å². The van der Waals surface area contributed by atoms with E-state index in [1.807, 2.05) is 52.3 Å². The van der Waals surface area contributed by atoms with Gasteiger partial charge in [0.15, 0.2) is 0 Å². The number of nitrogens with one attached hydrogen (secondary N) is 1. The highest BCUT2D eigenvalue weighted by atomic mass is 16.5. The fourth-order valence-electron chi connectivity index (χ4n) is 4.45. The van der Waals surface area contributed by atoms with Crippen LogP contribution in [0.3, 0.4) is 0 Å². The van der Waals surface area contributed by atoms with Gasteiger partial charge in [-0.05, 0) is 68.0 Å². The molecule has 2 atom stereocenters. The molecule has 8 nitrogen and oxygen atoms in total. The minimum absolute atomic E-state index is 0.281. The molecule has 4 rings (SSSR count). The Hall–Kier alpha value is -3.23. The first-order valence-electron chi connectivity index (χ1n) is 11.5. The molecule has 2 N–H and O–H groups in total. The zero-order valence-corrected chi connectivity index (χ0v) is 20.4. The number of aromatic nitrogens is 3. The van der Waals surface area contributed by atoms with Gasteiger partial charge in [0, 0.05) is 31.6 Å². The summed E-state index contributed by atoms with van der Waals surface area (Å²) in [7, 11) is 3.47. The predicted molar refractivity (Wildman–Crippen MR) is 129 cm³/mol. The topological polar surface area (TPSA) is 98.5 Å². The number of aliphatic hydroxyl groups excluding tert-OH is 1. The smallest absolute Gasteiger partial charge is 0.255 e. The minimum Gasteiger partial charge on any atom is -0.496 e. The highest BCUT2D eigenvalue weighted by molar-refractivity contribution is 5.98. The van der Waals surface area contributed by atoms with Crippen LogP contribution >= 0.6 is 0 Å². The molecule has 0 radical (unpaired) electrons. The number of aryl methyl sites for hydroxylation is 2. The number of hydrogen-bond donors (Lipinski definition) is 2. The Balaban J connectivity index is 1.60. The van der Waals surface area contributed by atoms with Gasteiger partial charge in [0.2, 0.25) is 0 Å². The molecule has 3 aromatic rings. The number of carbonyl (C=O) groups excluding carboxylic acids is 1. The standard InChI is InChI=1S/C26H32N4O4/c1-15-16(2)25(33-5)20(26(32)28-23-14-34-9-8-24(23)31)11-19(15)10-18-6-7-22(27-12-18)21-13-30(4)29-17(21)3/h6-7,11-13,23-24,31H,8-10,14H2,1-5H3,(H,28,32)/t23-,24-/m0/s1. The summed E-state index contributed by atoms with van der Waals surface area (Å²) in [4.78, 5) is 17.8. The SMILES string of the molecule is COc1c(C(=O)N[C@H]2COCC[C@@H]2O)cc(Cc2ccc(-c3cn(C)nc3C)nc2)c(C)c1C. The van der Waals surface area contributed by atoms with E-state index in [0.29, 0.717) is 37.4 Å². The van der Waals surface area contributed by atoms with Crippen molar-refractivity contribution in [2.75, 3.05) is 20.3 Å². The number of methoxy groups -OCH3 is 1. The number of amides is 1. The summed E-state index contributed by atoms with van der Waals surface area (Å²) in [5.74, 6) is 0.266. The Morgan fingerprint density at radius 3 is 2.71 bits per heavy atom. The van der Waals surface area contributed by atoms with E-state index in [4.69, 9.17) is 9.47 Å². The number of aliphatic hydroxyl groups is 1. The molecule has 0 aliphatic carbocycles. The molecule has 1 aromatic carbocycles. The van der Waals surface area contributed by atoms with Crippen molar-refractivity contribution in [3.05, 3.63) is 64.1 Å². The molecule has 1 saturated heterocycles. The van der Waals surface area contributed by atoms with E-state index in [2.05, 4.69) is 21.5 Å². The second-order valence-corrected chi connectivity index (χ2v) is 8.91. The molecule has 1 fully saturated rings. The van der Waals surface area contributed by atoms with E-state index in [1.54, 1.807) is 11.8 Å². The third-order valence-corrected chi connectivity index (χ3v) is 6.54. The Labute approximate surface area is 199 Å². The maximum atomic E-state index is 13.2. The van der Waals surface area contributed by atoms with Gasteiger partial charge in [0.1, 0.15) is 5.75 Å². The highest BCUT2D eigenvalue weighted by Crippen LogP contribution is 2.31. The number of hydrogen-bond acceptors (Lipinski definition) is 6. The molecule has 2 aromatic heterocycles. The zero-order chi connectivity index (χ0) is 24.4. The molecular weight excluding hydrogens is 432 g/mol. The zero-order valence-electron chi connectivity index (χ0n) is 20.4. The van der Waals surface area contributed by atoms with Crippen molar-refractivity contribution in [1.82, 2.24) is 20.1 Å². The lowest BCUT2D eigenvalue weighted by Crippen LogP contribution is -2.49. The number of benzene rings is 1. The third kappa shape index (κ3) is 4.83. The first-order chi connectivity index (χ1) is 16.3. The Morgan fingerprint density at radius 2 is 2.09 bits per heavy atom. The van der Waals surface area contributed by atoms with Crippen LogP contribution in [0.5, 0.6) is 5.75 Å². The van der Waals surface area contributed by atoms with Crippen LogP contribution in [-0.2, 0) is 18.2 Å². The molecule has 1 aliphatic heterocycles. The summed E-state index contributed by atoms with van der Waals surface area (Å²) in [6.07, 6.45) is 4.35. The van der Waals surface area contributed by atoms with Gasteiger partial charge in [0.05, 0.1) is 42.8 Å². The van der Waals surface area contributed by atoms with Crippen LogP contribution in [0.25, 0.3) is 11.3 Å². The van der Waals surface area contributed by atoms with Crippen molar-refractivity contribution in [3.63, 3.8) is 0 Å². The third-order valence-electron chi connectivity index (χ3n) is 6.54. The van der Waals surface area contributed by atoms with Gasteiger partial charge in [-0.2, -0.15) is 5.10 Å². The molecule has 1 aliphatic rings. The van der Waals surface area contributed by atoms with Gasteiger partial charge >= 0.3 is 0 Å². The van der Waals surface area contributed by atoms with Crippen LogP contribution < -0.4 is 10.1 Å². The molecule has 0 saturated carbocycles. The van der Waals surface area contributed by atoms with Crippen molar-refractivity contribution in [3.8, 4) is 17.0 Å². The van der Waals surface area contributed by atoms with Crippen LogP contribution in [0.1, 0.15) is 44.7 Å². The molecule has 8 heteroatoms. The van der Waals surface area contributed by atoms with Gasteiger partial charge in [-0.1, -0.05) is 6.07 Å². The van der Waals surface area contributed by atoms with Gasteiger partial charge < -0.3 is 19.9 Å². The lowest BCUT2D eigenvalue weighted by molar-refractivity contribution is -0.0140. The van der Waals surface area contributed by atoms with Crippen LogP contribution in [0, 0.1) is 20.8 Å². The van der Waals surface area contributed by atoms with Crippen molar-refractivity contribution in [1.29, 1.82) is 0 Å². The van der Waals surface area contributed by atoms with Crippen LogP contribution in [0.15, 0.2) is 30.6 Å². The Bertz CT molecular complexity index is 1190. The van der Waals surface area contributed by atoms with Crippen molar-refractivity contribution in [2.45, 2.75) is 45.8 Å². The van der Waals surface area contributed by atoms with E-state index in [0.717, 1.165) is 39.2 Å². The number of pyridine rings is 1. The van der Waals surface area contributed by atoms with E-state index in [1.165, 1.54) is 0 Å². The Kier molecular flexibility index (Phi) is 7.00. The van der Waals surface area contributed by atoms with Crippen LogP contribution in [0.4, 0.5) is 0 Å². The minimum atomic E-state index is -0.622. The molecule has 34 heavy (non-hydrogen) atoms. The second-order valence-electron chi connectivity index (χ2n) is 8.91. The normalized spacial score (nSPS) is 18.1. The molecule has 3 heterocycles. The first kappa shape index (κ1) is 23.9. The quantitative estimate of drug-likeness (QED) is 0.582. The average Bonchev–Trinajstić information content (AvgIpc) is 3.16. The van der Waals surface area contributed by atoms with Crippen molar-refractivity contribution < 1.29 is 19.4 Å². The number of nitrogens with zero attached hydrogens (tertiary/aromatic N) is 3. The van der Waals surface area contributed by atoms with Gasteiger partial charge in [-0.15, -0.1) is 0 Å². The second kappa shape index (κ2) is 9.95. The molecule has 180 valence electrons. The summed E-state index contributed by atoms with van der Waals surface area (Å²) >= 11 is 0. The van der Waals surface area contributed by atoms with Crippen molar-refractivity contribution in [2.24, 2.45) is 7.05 Å². The molecule has 1 amide bonds. The predicted octanol–water partition coefficient (Wildman–Crippen LogP) is 2.89. The fourth-order valence-corrected chi connectivity index (χ4v) is 4.45. The van der Waals surface area contributed by atoms with Crippen LogP contribution in [-0.4, -0.2) is 58.2 Å². The average molecular weight is 465 g/mol. The number of rotatable bonds is 6. The highest BCUT2D eigenvalue weighted by Gasteiger charge is 2.27. The number of carbonyl (C=O) groups is 1. The van der Waals surface area contributed by atoms with E-state index >= 15 is 0 Å². The van der Waals surface area contributed by atoms with Gasteiger partial charge in [-0.25, -0.2) is 0 Å². The molecule has 0 unspecified atom stereocenters. The first-order valence-corrected chi connectivity index (χ1v) is 11.5. The summed E-state index contributed by atoms with van der Waals surface area (Å²) in [5.41, 5.74) is 7.34. The molecule has 0 spiro atoms. The largest absolute Gasteiger partial charge is 0.496 e.